The first-order valence-corrected chi connectivity index (χ1v) is 4.16. The van der Waals surface area contributed by atoms with Gasteiger partial charge in [-0.1, -0.05) is 6.92 Å². The second kappa shape index (κ2) is 3.85. The van der Waals surface area contributed by atoms with Gasteiger partial charge in [-0.05, 0) is 6.92 Å². The maximum atomic E-state index is 11.3. The summed E-state index contributed by atoms with van der Waals surface area (Å²) in [7, 11) is 0. The Hall–Kier alpha value is -1.63. The Balaban J connectivity index is 2.95. The highest BCUT2D eigenvalue weighted by Crippen LogP contribution is 2.10. The number of nitriles is 1. The van der Waals surface area contributed by atoms with Crippen molar-refractivity contribution in [1.29, 1.82) is 5.26 Å². The van der Waals surface area contributed by atoms with E-state index in [4.69, 9.17) is 5.26 Å². The number of carbonyl (C=O) groups is 1. The second-order valence-electron chi connectivity index (χ2n) is 2.77. The highest BCUT2D eigenvalue weighted by Gasteiger charge is 2.15. The normalized spacial score (nSPS) is 12.1. The van der Waals surface area contributed by atoms with Gasteiger partial charge in [-0.3, -0.25) is 4.79 Å². The molecule has 0 saturated heterocycles. The summed E-state index contributed by atoms with van der Waals surface area (Å²) in [6.45, 7) is 3.58. The molecule has 0 aliphatic rings. The van der Waals surface area contributed by atoms with E-state index in [9.17, 15) is 4.79 Å². The monoisotopic (exact) mass is 177 g/mol. The van der Waals surface area contributed by atoms with Gasteiger partial charge in [0.2, 0.25) is 5.82 Å². The fraction of sp³-hybridized carbons (Fsp3) is 0.444. The second-order valence-corrected chi connectivity index (χ2v) is 2.77. The average molecular weight is 177 g/mol. The van der Waals surface area contributed by atoms with Gasteiger partial charge in [0.05, 0.1) is 6.04 Å². The lowest BCUT2D eigenvalue weighted by atomic mass is 10.1. The van der Waals surface area contributed by atoms with E-state index in [0.29, 0.717) is 6.42 Å². The van der Waals surface area contributed by atoms with Crippen molar-refractivity contribution >= 4 is 5.78 Å². The van der Waals surface area contributed by atoms with Crippen molar-refractivity contribution in [2.24, 2.45) is 0 Å². The smallest absolute Gasteiger partial charge is 0.213 e. The summed E-state index contributed by atoms with van der Waals surface area (Å²) in [5.74, 6) is 0.392. The summed E-state index contributed by atoms with van der Waals surface area (Å²) in [5, 5.41) is 8.67. The van der Waals surface area contributed by atoms with Gasteiger partial charge in [0.15, 0.2) is 5.78 Å². The lowest BCUT2D eigenvalue weighted by Crippen LogP contribution is -2.16. The first-order chi connectivity index (χ1) is 6.20. The minimum Gasteiger partial charge on any atom is -0.312 e. The SMILES string of the molecule is CCC(=O)C(C)n1ccnc1C#N. The third kappa shape index (κ3) is 1.75. The van der Waals surface area contributed by atoms with Crippen LogP contribution in [0, 0.1) is 11.3 Å². The zero-order valence-corrected chi connectivity index (χ0v) is 7.69. The lowest BCUT2D eigenvalue weighted by molar-refractivity contribution is -0.121. The minimum absolute atomic E-state index is 0.106. The van der Waals surface area contributed by atoms with Gasteiger partial charge < -0.3 is 4.57 Å². The number of aromatic nitrogens is 2. The van der Waals surface area contributed by atoms with Gasteiger partial charge in [-0.2, -0.15) is 5.26 Å². The average Bonchev–Trinajstić information content (AvgIpc) is 2.62. The molecule has 0 spiro atoms. The molecule has 0 amide bonds. The van der Waals surface area contributed by atoms with Crippen LogP contribution in [0.3, 0.4) is 0 Å². The quantitative estimate of drug-likeness (QED) is 0.699. The Labute approximate surface area is 76.8 Å². The number of hydrogen-bond acceptors (Lipinski definition) is 3. The number of carbonyl (C=O) groups excluding carboxylic acids is 1. The Morgan fingerprint density at radius 2 is 2.54 bits per heavy atom. The van der Waals surface area contributed by atoms with Crippen molar-refractivity contribution in [2.75, 3.05) is 0 Å². The topological polar surface area (TPSA) is 58.7 Å². The van der Waals surface area contributed by atoms with Crippen molar-refractivity contribution in [3.05, 3.63) is 18.2 Å². The molecule has 0 aromatic carbocycles. The standard InChI is InChI=1S/C9H11N3O/c1-3-8(13)7(2)12-5-4-11-9(12)6-10/h4-5,7H,3H2,1-2H3. The van der Waals surface area contributed by atoms with Crippen LogP contribution in [0.15, 0.2) is 12.4 Å². The van der Waals surface area contributed by atoms with Gasteiger partial charge in [0.1, 0.15) is 6.07 Å². The van der Waals surface area contributed by atoms with Crippen LogP contribution < -0.4 is 0 Å². The Morgan fingerprint density at radius 3 is 3.08 bits per heavy atom. The van der Waals surface area contributed by atoms with Crippen LogP contribution in [0.5, 0.6) is 0 Å². The van der Waals surface area contributed by atoms with Gasteiger partial charge in [0, 0.05) is 18.8 Å². The summed E-state index contributed by atoms with van der Waals surface area (Å²) in [5.41, 5.74) is 0. The van der Waals surface area contributed by atoms with Gasteiger partial charge in [0.25, 0.3) is 0 Å². The van der Waals surface area contributed by atoms with Gasteiger partial charge >= 0.3 is 0 Å². The van der Waals surface area contributed by atoms with Crippen LogP contribution in [0.2, 0.25) is 0 Å². The summed E-state index contributed by atoms with van der Waals surface area (Å²) in [4.78, 5) is 15.1. The largest absolute Gasteiger partial charge is 0.312 e. The maximum Gasteiger partial charge on any atom is 0.213 e. The lowest BCUT2D eigenvalue weighted by Gasteiger charge is -2.10. The van der Waals surface area contributed by atoms with E-state index >= 15 is 0 Å². The molecule has 0 N–H and O–H groups in total. The highest BCUT2D eigenvalue weighted by molar-refractivity contribution is 5.82. The summed E-state index contributed by atoms with van der Waals surface area (Å²) >= 11 is 0. The molecule has 1 aromatic heterocycles. The molecule has 1 atom stereocenters. The van der Waals surface area contributed by atoms with E-state index < -0.39 is 0 Å². The third-order valence-electron chi connectivity index (χ3n) is 2.00. The molecule has 1 unspecified atom stereocenters. The van der Waals surface area contributed by atoms with Gasteiger partial charge in [-0.25, -0.2) is 4.98 Å². The van der Waals surface area contributed by atoms with Crippen LogP contribution in [-0.4, -0.2) is 15.3 Å². The summed E-state index contributed by atoms with van der Waals surface area (Å²) in [6, 6.07) is 1.65. The van der Waals surface area contributed by atoms with Crippen LogP contribution in [0.25, 0.3) is 0 Å². The molecule has 0 radical (unpaired) electrons. The molecule has 1 heterocycles. The molecule has 68 valence electrons. The van der Waals surface area contributed by atoms with Gasteiger partial charge in [-0.15, -0.1) is 0 Å². The van der Waals surface area contributed by atoms with Crippen LogP contribution in [-0.2, 0) is 4.79 Å². The number of hydrogen-bond donors (Lipinski definition) is 0. The molecule has 0 fully saturated rings. The molecule has 0 aliphatic heterocycles. The zero-order chi connectivity index (χ0) is 9.84. The maximum absolute atomic E-state index is 11.3. The van der Waals surface area contributed by atoms with E-state index in [1.54, 1.807) is 17.7 Å². The predicted octanol–water partition coefficient (Wildman–Crippen LogP) is 1.29. The summed E-state index contributed by atoms with van der Waals surface area (Å²) < 4.78 is 1.59. The van der Waals surface area contributed by atoms with Crippen molar-refractivity contribution in [3.8, 4) is 6.07 Å². The van der Waals surface area contributed by atoms with E-state index in [0.717, 1.165) is 0 Å². The van der Waals surface area contributed by atoms with E-state index in [2.05, 4.69) is 4.98 Å². The van der Waals surface area contributed by atoms with Crippen molar-refractivity contribution < 1.29 is 4.79 Å². The third-order valence-corrected chi connectivity index (χ3v) is 2.00. The molecular formula is C9H11N3O. The first-order valence-electron chi connectivity index (χ1n) is 4.16. The van der Waals surface area contributed by atoms with Crippen LogP contribution in [0.1, 0.15) is 32.1 Å². The van der Waals surface area contributed by atoms with E-state index in [-0.39, 0.29) is 17.6 Å². The molecule has 13 heavy (non-hydrogen) atoms. The Morgan fingerprint density at radius 1 is 1.85 bits per heavy atom. The zero-order valence-electron chi connectivity index (χ0n) is 7.69. The predicted molar refractivity (Wildman–Crippen MR) is 47.0 cm³/mol. The molecule has 0 saturated carbocycles. The number of ketones is 1. The van der Waals surface area contributed by atoms with Crippen LogP contribution in [0.4, 0.5) is 0 Å². The van der Waals surface area contributed by atoms with Crippen LogP contribution >= 0.6 is 0 Å². The number of nitrogens with zero attached hydrogens (tertiary/aromatic N) is 3. The van der Waals surface area contributed by atoms with Crippen molar-refractivity contribution in [2.45, 2.75) is 26.3 Å². The van der Waals surface area contributed by atoms with Crippen molar-refractivity contribution in [3.63, 3.8) is 0 Å². The molecule has 1 aromatic rings. The first kappa shape index (κ1) is 9.46. The summed E-state index contributed by atoms with van der Waals surface area (Å²) in [6.07, 6.45) is 3.65. The fourth-order valence-corrected chi connectivity index (χ4v) is 1.16. The van der Waals surface area contributed by atoms with Crippen molar-refractivity contribution in [1.82, 2.24) is 9.55 Å². The minimum atomic E-state index is -0.290. The van der Waals surface area contributed by atoms with E-state index in [1.165, 1.54) is 6.20 Å². The fourth-order valence-electron chi connectivity index (χ4n) is 1.16. The molecule has 0 aliphatic carbocycles. The molecule has 1 rings (SSSR count). The number of imidazole rings is 1. The molecular weight excluding hydrogens is 166 g/mol. The number of rotatable bonds is 3. The Bertz CT molecular complexity index is 348. The molecule has 4 nitrogen and oxygen atoms in total. The number of Topliss-reactive ketones (excluding diaryl/α,β-unsaturated/α-hetero) is 1. The Kier molecular flexibility index (Phi) is 2.80. The molecule has 4 heteroatoms. The molecule has 0 bridgehead atoms. The van der Waals surface area contributed by atoms with E-state index in [1.807, 2.05) is 13.0 Å². The highest BCUT2D eigenvalue weighted by atomic mass is 16.1.